The molecule has 8 nitrogen and oxygen atoms in total. The first-order valence-corrected chi connectivity index (χ1v) is 5.33. The predicted molar refractivity (Wildman–Crippen MR) is 63.9 cm³/mol. The molecule has 1 aromatic carbocycles. The van der Waals surface area contributed by atoms with Crippen LogP contribution in [0, 0.1) is 10.1 Å². The average molecular weight is 268 g/mol. The summed E-state index contributed by atoms with van der Waals surface area (Å²) < 4.78 is 4.71. The van der Waals surface area contributed by atoms with Crippen LogP contribution in [0.5, 0.6) is 0 Å². The Morgan fingerprint density at radius 1 is 1.37 bits per heavy atom. The Hall–Kier alpha value is -2.48. The van der Waals surface area contributed by atoms with Gasteiger partial charge in [0.15, 0.2) is 0 Å². The summed E-state index contributed by atoms with van der Waals surface area (Å²) in [5.74, 6) is -1.71. The van der Waals surface area contributed by atoms with E-state index in [-0.39, 0.29) is 24.4 Å². The van der Waals surface area contributed by atoms with E-state index in [1.54, 1.807) is 0 Å². The molecule has 0 bridgehead atoms. The monoisotopic (exact) mass is 268 g/mol. The molecule has 0 aliphatic carbocycles. The summed E-state index contributed by atoms with van der Waals surface area (Å²) in [6.07, 6.45) is 0. The molecule has 0 aromatic heterocycles. The Morgan fingerprint density at radius 2 is 2.05 bits per heavy atom. The highest BCUT2D eigenvalue weighted by Crippen LogP contribution is 2.16. The predicted octanol–water partition coefficient (Wildman–Crippen LogP) is 0.426. The van der Waals surface area contributed by atoms with Crippen LogP contribution in [0.15, 0.2) is 24.3 Å². The number of aliphatic carboxylic acids is 1. The van der Waals surface area contributed by atoms with Gasteiger partial charge in [0, 0.05) is 12.6 Å². The summed E-state index contributed by atoms with van der Waals surface area (Å²) in [5.41, 5.74) is -0.336. The molecule has 0 heterocycles. The van der Waals surface area contributed by atoms with E-state index in [0.717, 1.165) is 0 Å². The molecule has 1 rings (SSSR count). The Labute approximate surface area is 108 Å². The largest absolute Gasteiger partial charge is 0.480 e. The summed E-state index contributed by atoms with van der Waals surface area (Å²) in [4.78, 5) is 31.9. The molecule has 0 fully saturated rings. The number of carbonyl (C=O) groups excluding carboxylic acids is 1. The molecule has 0 aliphatic heterocycles. The minimum Gasteiger partial charge on any atom is -0.480 e. The number of carbonyl (C=O) groups is 2. The molecule has 0 atom stereocenters. The van der Waals surface area contributed by atoms with E-state index in [2.05, 4.69) is 5.32 Å². The van der Waals surface area contributed by atoms with Gasteiger partial charge in [0.1, 0.15) is 12.2 Å². The maximum atomic E-state index is 11.7. The Balaban J connectivity index is 2.50. The number of rotatable bonds is 7. The van der Waals surface area contributed by atoms with Gasteiger partial charge >= 0.3 is 5.97 Å². The van der Waals surface area contributed by atoms with Gasteiger partial charge in [-0.3, -0.25) is 14.9 Å². The van der Waals surface area contributed by atoms with Gasteiger partial charge in [-0.05, 0) is 6.07 Å². The molecule has 8 heteroatoms. The number of hydrogen-bond donors (Lipinski definition) is 2. The molecule has 1 aromatic rings. The minimum atomic E-state index is -1.11. The van der Waals surface area contributed by atoms with E-state index in [1.807, 2.05) is 0 Å². The van der Waals surface area contributed by atoms with Crippen molar-refractivity contribution < 1.29 is 24.4 Å². The van der Waals surface area contributed by atoms with E-state index < -0.39 is 23.4 Å². The Kier molecular flexibility index (Phi) is 5.42. The number of hydrogen-bond acceptors (Lipinski definition) is 5. The number of nitro groups is 1. The molecule has 19 heavy (non-hydrogen) atoms. The molecule has 0 unspecified atom stereocenters. The molecule has 102 valence electrons. The molecule has 1 amide bonds. The minimum absolute atomic E-state index is 0.0126. The van der Waals surface area contributed by atoms with E-state index in [0.29, 0.717) is 0 Å². The lowest BCUT2D eigenvalue weighted by Crippen LogP contribution is -2.28. The average Bonchev–Trinajstić information content (AvgIpc) is 2.37. The van der Waals surface area contributed by atoms with Gasteiger partial charge in [-0.25, -0.2) is 4.79 Å². The van der Waals surface area contributed by atoms with Crippen molar-refractivity contribution in [2.24, 2.45) is 0 Å². The zero-order chi connectivity index (χ0) is 14.3. The van der Waals surface area contributed by atoms with Crippen molar-refractivity contribution in [3.8, 4) is 0 Å². The number of para-hydroxylation sites is 1. The van der Waals surface area contributed by atoms with Crippen LogP contribution in [0.4, 0.5) is 5.69 Å². The normalized spacial score (nSPS) is 9.89. The van der Waals surface area contributed by atoms with Crippen LogP contribution in [0.1, 0.15) is 10.4 Å². The van der Waals surface area contributed by atoms with Gasteiger partial charge in [0.05, 0.1) is 11.5 Å². The molecular formula is C11H12N2O6. The van der Waals surface area contributed by atoms with Crippen LogP contribution >= 0.6 is 0 Å². The fourth-order valence-electron chi connectivity index (χ4n) is 1.32. The van der Waals surface area contributed by atoms with Crippen LogP contribution in [-0.4, -0.2) is 41.7 Å². The lowest BCUT2D eigenvalue weighted by Gasteiger charge is -2.05. The first-order valence-electron chi connectivity index (χ1n) is 5.33. The number of benzene rings is 1. The van der Waals surface area contributed by atoms with Gasteiger partial charge in [-0.2, -0.15) is 0 Å². The highest BCUT2D eigenvalue weighted by molar-refractivity contribution is 5.98. The van der Waals surface area contributed by atoms with Crippen molar-refractivity contribution >= 4 is 17.6 Å². The summed E-state index contributed by atoms with van der Waals surface area (Å²) in [6.45, 7) is -0.377. The lowest BCUT2D eigenvalue weighted by molar-refractivity contribution is -0.385. The van der Waals surface area contributed by atoms with Gasteiger partial charge < -0.3 is 15.2 Å². The first-order chi connectivity index (χ1) is 9.02. The number of carboxylic acids is 1. The van der Waals surface area contributed by atoms with Crippen LogP contribution in [0.3, 0.4) is 0 Å². The third-order valence-electron chi connectivity index (χ3n) is 2.10. The van der Waals surface area contributed by atoms with Gasteiger partial charge in [-0.1, -0.05) is 12.1 Å². The van der Waals surface area contributed by atoms with Crippen molar-refractivity contribution in [1.82, 2.24) is 5.32 Å². The van der Waals surface area contributed by atoms with Crippen molar-refractivity contribution in [3.05, 3.63) is 39.9 Å². The third kappa shape index (κ3) is 4.72. The summed E-state index contributed by atoms with van der Waals surface area (Å²) >= 11 is 0. The van der Waals surface area contributed by atoms with Crippen LogP contribution in [-0.2, 0) is 9.53 Å². The van der Waals surface area contributed by atoms with Crippen LogP contribution in [0.25, 0.3) is 0 Å². The van der Waals surface area contributed by atoms with Gasteiger partial charge in [0.2, 0.25) is 0 Å². The zero-order valence-electron chi connectivity index (χ0n) is 9.87. The van der Waals surface area contributed by atoms with Crippen molar-refractivity contribution in [3.63, 3.8) is 0 Å². The summed E-state index contributed by atoms with van der Waals surface area (Å²) in [5, 5.41) is 21.4. The van der Waals surface area contributed by atoms with E-state index in [1.165, 1.54) is 24.3 Å². The number of carboxylic acid groups (broad SMARTS) is 1. The topological polar surface area (TPSA) is 119 Å². The van der Waals surface area contributed by atoms with Crippen LogP contribution < -0.4 is 5.32 Å². The van der Waals surface area contributed by atoms with E-state index >= 15 is 0 Å². The zero-order valence-corrected chi connectivity index (χ0v) is 9.87. The SMILES string of the molecule is O=C(O)COCCNC(=O)c1ccccc1[N+](=O)[O-]. The number of nitro benzene ring substituents is 1. The maximum absolute atomic E-state index is 11.7. The van der Waals surface area contributed by atoms with Gasteiger partial charge in [-0.15, -0.1) is 0 Å². The lowest BCUT2D eigenvalue weighted by atomic mass is 10.1. The van der Waals surface area contributed by atoms with E-state index in [4.69, 9.17) is 9.84 Å². The molecule has 0 spiro atoms. The summed E-state index contributed by atoms with van der Waals surface area (Å²) in [7, 11) is 0. The van der Waals surface area contributed by atoms with Gasteiger partial charge in [0.25, 0.3) is 11.6 Å². The first kappa shape index (κ1) is 14.6. The fraction of sp³-hybridized carbons (Fsp3) is 0.273. The second kappa shape index (κ2) is 7.07. The molecule has 0 saturated heterocycles. The molecule has 0 saturated carbocycles. The van der Waals surface area contributed by atoms with Crippen molar-refractivity contribution in [1.29, 1.82) is 0 Å². The molecule has 0 radical (unpaired) electrons. The number of amides is 1. The standard InChI is InChI=1S/C11H12N2O6/c14-10(15)7-19-6-5-12-11(16)8-3-1-2-4-9(8)13(17)18/h1-4H,5-7H2,(H,12,16)(H,14,15). The van der Waals surface area contributed by atoms with Crippen LogP contribution in [0.2, 0.25) is 0 Å². The van der Waals surface area contributed by atoms with E-state index in [9.17, 15) is 19.7 Å². The van der Waals surface area contributed by atoms with Crippen molar-refractivity contribution in [2.45, 2.75) is 0 Å². The fourth-order valence-corrected chi connectivity index (χ4v) is 1.32. The molecule has 2 N–H and O–H groups in total. The second-order valence-electron chi connectivity index (χ2n) is 3.48. The Bertz CT molecular complexity index is 488. The Morgan fingerprint density at radius 3 is 2.68 bits per heavy atom. The quantitative estimate of drug-likeness (QED) is 0.420. The second-order valence-corrected chi connectivity index (χ2v) is 3.48. The molecule has 0 aliphatic rings. The third-order valence-corrected chi connectivity index (χ3v) is 2.10. The highest BCUT2D eigenvalue weighted by atomic mass is 16.6. The highest BCUT2D eigenvalue weighted by Gasteiger charge is 2.18. The number of nitrogens with zero attached hydrogens (tertiary/aromatic N) is 1. The molecular weight excluding hydrogens is 256 g/mol. The number of ether oxygens (including phenoxy) is 1. The number of nitrogens with one attached hydrogen (secondary N) is 1. The maximum Gasteiger partial charge on any atom is 0.329 e. The van der Waals surface area contributed by atoms with Crippen molar-refractivity contribution in [2.75, 3.05) is 19.8 Å². The smallest absolute Gasteiger partial charge is 0.329 e. The summed E-state index contributed by atoms with van der Waals surface area (Å²) in [6, 6.07) is 5.55.